The molecule has 4 nitrogen and oxygen atoms in total. The van der Waals surface area contributed by atoms with Crippen LogP contribution in [0, 0.1) is 0 Å². The third kappa shape index (κ3) is 1.45. The van der Waals surface area contributed by atoms with Crippen LogP contribution < -0.4 is 10.4 Å². The summed E-state index contributed by atoms with van der Waals surface area (Å²) in [6.45, 7) is 0.874. The van der Waals surface area contributed by atoms with Crippen molar-refractivity contribution in [2.24, 2.45) is 0 Å². The fourth-order valence-corrected chi connectivity index (χ4v) is 1.64. The van der Waals surface area contributed by atoms with Crippen LogP contribution in [0.4, 0.5) is 5.69 Å². The molecule has 0 saturated carbocycles. The molecule has 1 aromatic heterocycles. The van der Waals surface area contributed by atoms with Crippen LogP contribution in [0.2, 0.25) is 0 Å². The number of anilines is 1. The predicted molar refractivity (Wildman–Crippen MR) is 59.2 cm³/mol. The molecule has 0 unspecified atom stereocenters. The van der Waals surface area contributed by atoms with Gasteiger partial charge in [-0.25, -0.2) is 5.43 Å². The average Bonchev–Trinajstić information content (AvgIpc) is 2.82. The Balaban J connectivity index is 2.09. The van der Waals surface area contributed by atoms with E-state index in [1.54, 1.807) is 12.4 Å². The van der Waals surface area contributed by atoms with Crippen molar-refractivity contribution in [1.29, 1.82) is 0 Å². The molecule has 74 valence electrons. The first kappa shape index (κ1) is 8.38. The Bertz CT molecular complexity index is 521. The van der Waals surface area contributed by atoms with Crippen molar-refractivity contribution in [3.05, 3.63) is 42.9 Å². The lowest BCUT2D eigenvalue weighted by atomic mass is 10.2. The van der Waals surface area contributed by atoms with Gasteiger partial charge in [-0.15, -0.1) is 0 Å². The Morgan fingerprint density at radius 3 is 2.80 bits per heavy atom. The SMILES string of the molecule is C1=CN(c2ccc3nccnc3c2)NC1. The summed E-state index contributed by atoms with van der Waals surface area (Å²) in [5, 5.41) is 1.98. The minimum Gasteiger partial charge on any atom is -0.284 e. The van der Waals surface area contributed by atoms with Gasteiger partial charge < -0.3 is 0 Å². The molecule has 2 aromatic rings. The van der Waals surface area contributed by atoms with Gasteiger partial charge in [0.25, 0.3) is 0 Å². The van der Waals surface area contributed by atoms with Crippen molar-refractivity contribution in [3.8, 4) is 0 Å². The molecule has 0 atom stereocenters. The van der Waals surface area contributed by atoms with E-state index < -0.39 is 0 Å². The molecule has 2 heterocycles. The minimum atomic E-state index is 0.874. The smallest absolute Gasteiger partial charge is 0.0908 e. The van der Waals surface area contributed by atoms with Crippen LogP contribution in [-0.2, 0) is 0 Å². The molecule has 0 radical (unpaired) electrons. The van der Waals surface area contributed by atoms with Gasteiger partial charge in [0, 0.05) is 25.1 Å². The Morgan fingerprint density at radius 1 is 1.13 bits per heavy atom. The summed E-state index contributed by atoms with van der Waals surface area (Å²) >= 11 is 0. The van der Waals surface area contributed by atoms with Gasteiger partial charge in [-0.1, -0.05) is 6.08 Å². The first-order valence-corrected chi connectivity index (χ1v) is 4.84. The number of hydrazine groups is 1. The Kier molecular flexibility index (Phi) is 1.86. The molecule has 0 spiro atoms. The highest BCUT2D eigenvalue weighted by molar-refractivity contribution is 5.78. The first-order chi connectivity index (χ1) is 7.43. The molecule has 0 amide bonds. The van der Waals surface area contributed by atoms with Crippen LogP contribution in [0.25, 0.3) is 11.0 Å². The molecule has 1 aromatic carbocycles. The monoisotopic (exact) mass is 198 g/mol. The summed E-state index contributed by atoms with van der Waals surface area (Å²) in [5.74, 6) is 0. The normalized spacial score (nSPS) is 15.1. The summed E-state index contributed by atoms with van der Waals surface area (Å²) in [6, 6.07) is 6.02. The van der Waals surface area contributed by atoms with Gasteiger partial charge >= 0.3 is 0 Å². The fourth-order valence-electron chi connectivity index (χ4n) is 1.64. The zero-order chi connectivity index (χ0) is 10.1. The van der Waals surface area contributed by atoms with E-state index in [1.165, 1.54) is 0 Å². The standard InChI is InChI=1S/C11H10N4/c1-4-14-15(7-1)9-2-3-10-11(8-9)13-6-5-12-10/h1-3,5-8,14H,4H2. The van der Waals surface area contributed by atoms with E-state index in [0.29, 0.717) is 0 Å². The number of nitrogens with zero attached hydrogens (tertiary/aromatic N) is 3. The topological polar surface area (TPSA) is 41.1 Å². The molecule has 0 fully saturated rings. The minimum absolute atomic E-state index is 0.874. The van der Waals surface area contributed by atoms with Gasteiger partial charge in [-0.2, -0.15) is 0 Å². The van der Waals surface area contributed by atoms with Gasteiger partial charge in [-0.3, -0.25) is 15.0 Å². The molecule has 4 heteroatoms. The predicted octanol–water partition coefficient (Wildman–Crippen LogP) is 1.47. The highest BCUT2D eigenvalue weighted by Crippen LogP contribution is 2.19. The lowest BCUT2D eigenvalue weighted by Crippen LogP contribution is -2.27. The van der Waals surface area contributed by atoms with E-state index in [9.17, 15) is 0 Å². The Hall–Kier alpha value is -1.94. The number of hydrogen-bond donors (Lipinski definition) is 1. The number of aromatic nitrogens is 2. The van der Waals surface area contributed by atoms with Crippen molar-refractivity contribution in [1.82, 2.24) is 15.4 Å². The highest BCUT2D eigenvalue weighted by atomic mass is 15.5. The van der Waals surface area contributed by atoms with E-state index in [2.05, 4.69) is 21.5 Å². The highest BCUT2D eigenvalue weighted by Gasteiger charge is 2.06. The average molecular weight is 198 g/mol. The van der Waals surface area contributed by atoms with Crippen LogP contribution in [0.3, 0.4) is 0 Å². The molecular weight excluding hydrogens is 188 g/mol. The molecule has 3 rings (SSSR count). The summed E-state index contributed by atoms with van der Waals surface area (Å²) in [5.41, 5.74) is 6.13. The van der Waals surface area contributed by atoms with Gasteiger partial charge in [-0.05, 0) is 18.2 Å². The second kappa shape index (κ2) is 3.33. The fraction of sp³-hybridized carbons (Fsp3) is 0.0909. The third-order valence-electron chi connectivity index (χ3n) is 2.37. The van der Waals surface area contributed by atoms with E-state index in [4.69, 9.17) is 0 Å². The molecule has 0 aliphatic carbocycles. The molecule has 1 aliphatic heterocycles. The maximum Gasteiger partial charge on any atom is 0.0908 e. The largest absolute Gasteiger partial charge is 0.284 e. The quantitative estimate of drug-likeness (QED) is 0.753. The molecule has 1 aliphatic rings. The zero-order valence-corrected chi connectivity index (χ0v) is 8.09. The van der Waals surface area contributed by atoms with E-state index in [1.807, 2.05) is 29.4 Å². The summed E-state index contributed by atoms with van der Waals surface area (Å²) < 4.78 is 0. The van der Waals surface area contributed by atoms with Crippen LogP contribution in [-0.4, -0.2) is 16.5 Å². The van der Waals surface area contributed by atoms with Crippen molar-refractivity contribution < 1.29 is 0 Å². The summed E-state index contributed by atoms with van der Waals surface area (Å²) in [6.07, 6.45) is 7.49. The van der Waals surface area contributed by atoms with E-state index >= 15 is 0 Å². The van der Waals surface area contributed by atoms with Gasteiger partial charge in [0.05, 0.1) is 16.7 Å². The van der Waals surface area contributed by atoms with Crippen LogP contribution in [0.1, 0.15) is 0 Å². The van der Waals surface area contributed by atoms with E-state index in [-0.39, 0.29) is 0 Å². The Labute approximate surface area is 87.2 Å². The number of fused-ring (bicyclic) bond motifs is 1. The van der Waals surface area contributed by atoms with Gasteiger partial charge in [0.1, 0.15) is 0 Å². The van der Waals surface area contributed by atoms with Crippen LogP contribution >= 0.6 is 0 Å². The number of rotatable bonds is 1. The number of benzene rings is 1. The van der Waals surface area contributed by atoms with Gasteiger partial charge in [0.15, 0.2) is 0 Å². The lowest BCUT2D eigenvalue weighted by molar-refractivity contribution is 0.815. The maximum absolute atomic E-state index is 4.27. The van der Waals surface area contributed by atoms with Crippen molar-refractivity contribution >= 4 is 16.7 Å². The first-order valence-electron chi connectivity index (χ1n) is 4.84. The van der Waals surface area contributed by atoms with Gasteiger partial charge in [0.2, 0.25) is 0 Å². The second-order valence-electron chi connectivity index (χ2n) is 3.35. The molecule has 15 heavy (non-hydrogen) atoms. The van der Waals surface area contributed by atoms with Crippen molar-refractivity contribution in [3.63, 3.8) is 0 Å². The molecule has 0 bridgehead atoms. The third-order valence-corrected chi connectivity index (χ3v) is 2.37. The van der Waals surface area contributed by atoms with Crippen molar-refractivity contribution in [2.75, 3.05) is 11.6 Å². The lowest BCUT2D eigenvalue weighted by Gasteiger charge is -2.15. The van der Waals surface area contributed by atoms with Crippen molar-refractivity contribution in [2.45, 2.75) is 0 Å². The van der Waals surface area contributed by atoms with E-state index in [0.717, 1.165) is 23.3 Å². The van der Waals surface area contributed by atoms with Crippen LogP contribution in [0.5, 0.6) is 0 Å². The molecule has 0 saturated heterocycles. The summed E-state index contributed by atoms with van der Waals surface area (Å²) in [7, 11) is 0. The molecule has 1 N–H and O–H groups in total. The molecular formula is C11H10N4. The maximum atomic E-state index is 4.27. The number of nitrogens with one attached hydrogen (secondary N) is 1. The number of hydrogen-bond acceptors (Lipinski definition) is 4. The second-order valence-corrected chi connectivity index (χ2v) is 3.35. The van der Waals surface area contributed by atoms with Crippen LogP contribution in [0.15, 0.2) is 42.9 Å². The summed E-state index contributed by atoms with van der Waals surface area (Å²) in [4.78, 5) is 8.50. The Morgan fingerprint density at radius 2 is 2.00 bits per heavy atom. The zero-order valence-electron chi connectivity index (χ0n) is 8.09.